The molecule has 94 valence electrons. The second-order valence-corrected chi connectivity index (χ2v) is 4.94. The van der Waals surface area contributed by atoms with Gasteiger partial charge in [-0.2, -0.15) is 0 Å². The van der Waals surface area contributed by atoms with Crippen LogP contribution in [-0.2, 0) is 19.3 Å². The van der Waals surface area contributed by atoms with Crippen LogP contribution in [0.2, 0.25) is 5.02 Å². The van der Waals surface area contributed by atoms with Gasteiger partial charge >= 0.3 is 0 Å². The van der Waals surface area contributed by atoms with Crippen molar-refractivity contribution in [1.29, 1.82) is 0 Å². The van der Waals surface area contributed by atoms with Crippen molar-refractivity contribution < 1.29 is 0 Å². The SMILES string of the molecule is CCc1ccc(Cl)c(Cc2ccccc2)c1CC. The topological polar surface area (TPSA) is 0 Å². The van der Waals surface area contributed by atoms with Gasteiger partial charge in [-0.1, -0.05) is 61.8 Å². The molecule has 2 aromatic carbocycles. The molecule has 0 radical (unpaired) electrons. The summed E-state index contributed by atoms with van der Waals surface area (Å²) in [5, 5.41) is 0.896. The zero-order valence-corrected chi connectivity index (χ0v) is 11.8. The predicted octanol–water partition coefficient (Wildman–Crippen LogP) is 5.06. The molecule has 0 aliphatic heterocycles. The van der Waals surface area contributed by atoms with Gasteiger partial charge in [0.2, 0.25) is 0 Å². The molecule has 0 aliphatic rings. The second-order valence-electron chi connectivity index (χ2n) is 4.53. The molecule has 0 bridgehead atoms. The van der Waals surface area contributed by atoms with Crippen LogP contribution < -0.4 is 0 Å². The van der Waals surface area contributed by atoms with Gasteiger partial charge in [0.25, 0.3) is 0 Å². The minimum absolute atomic E-state index is 0.896. The highest BCUT2D eigenvalue weighted by Crippen LogP contribution is 2.27. The van der Waals surface area contributed by atoms with Gasteiger partial charge in [0, 0.05) is 5.02 Å². The predicted molar refractivity (Wildman–Crippen MR) is 79.5 cm³/mol. The minimum atomic E-state index is 0.896. The highest BCUT2D eigenvalue weighted by atomic mass is 35.5. The van der Waals surface area contributed by atoms with Crippen LogP contribution in [0.3, 0.4) is 0 Å². The summed E-state index contributed by atoms with van der Waals surface area (Å²) in [5.74, 6) is 0. The van der Waals surface area contributed by atoms with E-state index in [0.29, 0.717) is 0 Å². The second kappa shape index (κ2) is 6.06. The van der Waals surface area contributed by atoms with Crippen LogP contribution in [0, 0.1) is 0 Å². The monoisotopic (exact) mass is 258 g/mol. The van der Waals surface area contributed by atoms with Crippen molar-refractivity contribution in [2.75, 3.05) is 0 Å². The van der Waals surface area contributed by atoms with Gasteiger partial charge in [0.1, 0.15) is 0 Å². The summed E-state index contributed by atoms with van der Waals surface area (Å²) in [6.45, 7) is 4.41. The van der Waals surface area contributed by atoms with Crippen molar-refractivity contribution in [1.82, 2.24) is 0 Å². The van der Waals surface area contributed by atoms with Gasteiger partial charge < -0.3 is 0 Å². The zero-order chi connectivity index (χ0) is 13.0. The van der Waals surface area contributed by atoms with E-state index in [2.05, 4.69) is 44.2 Å². The molecule has 0 unspecified atom stereocenters. The summed E-state index contributed by atoms with van der Waals surface area (Å²) < 4.78 is 0. The van der Waals surface area contributed by atoms with Crippen molar-refractivity contribution in [3.8, 4) is 0 Å². The fourth-order valence-electron chi connectivity index (χ4n) is 2.48. The third-order valence-corrected chi connectivity index (χ3v) is 3.78. The van der Waals surface area contributed by atoms with E-state index in [0.717, 1.165) is 24.3 Å². The standard InChI is InChI=1S/C17H19Cl/c1-3-14-10-11-17(18)16(15(14)4-2)12-13-8-6-5-7-9-13/h5-11H,3-4,12H2,1-2H3. The van der Waals surface area contributed by atoms with Crippen molar-refractivity contribution >= 4 is 11.6 Å². The molecule has 0 amide bonds. The van der Waals surface area contributed by atoms with E-state index < -0.39 is 0 Å². The molecule has 2 rings (SSSR count). The van der Waals surface area contributed by atoms with Crippen LogP contribution in [0.15, 0.2) is 42.5 Å². The van der Waals surface area contributed by atoms with Crippen LogP contribution in [0.4, 0.5) is 0 Å². The van der Waals surface area contributed by atoms with E-state index in [9.17, 15) is 0 Å². The molecule has 0 atom stereocenters. The maximum atomic E-state index is 6.39. The van der Waals surface area contributed by atoms with Crippen molar-refractivity contribution in [3.05, 3.63) is 69.7 Å². The molecule has 0 nitrogen and oxygen atoms in total. The fourth-order valence-corrected chi connectivity index (χ4v) is 2.72. The average Bonchev–Trinajstić information content (AvgIpc) is 2.42. The number of benzene rings is 2. The number of hydrogen-bond acceptors (Lipinski definition) is 0. The molecule has 0 saturated heterocycles. The van der Waals surface area contributed by atoms with Gasteiger partial charge in [0.15, 0.2) is 0 Å². The Labute approximate surface area is 115 Å². The maximum absolute atomic E-state index is 6.39. The van der Waals surface area contributed by atoms with Crippen LogP contribution in [0.25, 0.3) is 0 Å². The summed E-state index contributed by atoms with van der Waals surface area (Å²) in [6, 6.07) is 14.7. The molecule has 0 N–H and O–H groups in total. The zero-order valence-electron chi connectivity index (χ0n) is 11.0. The third kappa shape index (κ3) is 2.76. The van der Waals surface area contributed by atoms with Crippen molar-refractivity contribution in [2.24, 2.45) is 0 Å². The maximum Gasteiger partial charge on any atom is 0.0444 e. The first-order valence-corrected chi connectivity index (χ1v) is 6.97. The number of halogens is 1. The van der Waals surface area contributed by atoms with E-state index in [4.69, 9.17) is 11.6 Å². The molecule has 1 heteroatoms. The Hall–Kier alpha value is -1.27. The van der Waals surface area contributed by atoms with Crippen LogP contribution in [0.1, 0.15) is 36.1 Å². The highest BCUT2D eigenvalue weighted by molar-refractivity contribution is 6.31. The lowest BCUT2D eigenvalue weighted by atomic mass is 9.93. The van der Waals surface area contributed by atoms with E-state index in [-0.39, 0.29) is 0 Å². The largest absolute Gasteiger partial charge is 0.0840 e. The Bertz CT molecular complexity index is 515. The Morgan fingerprint density at radius 2 is 1.56 bits per heavy atom. The van der Waals surface area contributed by atoms with Crippen molar-refractivity contribution in [3.63, 3.8) is 0 Å². The van der Waals surface area contributed by atoms with E-state index in [1.807, 2.05) is 12.1 Å². The molecule has 18 heavy (non-hydrogen) atoms. The number of hydrogen-bond donors (Lipinski definition) is 0. The molecule has 0 fully saturated rings. The molecule has 0 spiro atoms. The molecule has 0 aromatic heterocycles. The molecule has 2 aromatic rings. The van der Waals surface area contributed by atoms with Crippen LogP contribution >= 0.6 is 11.6 Å². The van der Waals surface area contributed by atoms with Gasteiger partial charge in [-0.3, -0.25) is 0 Å². The average molecular weight is 259 g/mol. The van der Waals surface area contributed by atoms with Crippen LogP contribution in [-0.4, -0.2) is 0 Å². The number of rotatable bonds is 4. The lowest BCUT2D eigenvalue weighted by molar-refractivity contribution is 0.994. The van der Waals surface area contributed by atoms with Gasteiger partial charge in [-0.05, 0) is 47.6 Å². The van der Waals surface area contributed by atoms with Gasteiger partial charge in [-0.15, -0.1) is 0 Å². The van der Waals surface area contributed by atoms with Gasteiger partial charge in [-0.25, -0.2) is 0 Å². The molecular weight excluding hydrogens is 240 g/mol. The van der Waals surface area contributed by atoms with E-state index in [1.165, 1.54) is 22.3 Å². The first-order valence-electron chi connectivity index (χ1n) is 6.59. The first-order chi connectivity index (χ1) is 8.76. The van der Waals surface area contributed by atoms with Crippen LogP contribution in [0.5, 0.6) is 0 Å². The lowest BCUT2D eigenvalue weighted by Crippen LogP contribution is -2.00. The number of aryl methyl sites for hydroxylation is 1. The molecular formula is C17H19Cl. The first kappa shape index (κ1) is 13.2. The summed E-state index contributed by atoms with van der Waals surface area (Å²) >= 11 is 6.39. The summed E-state index contributed by atoms with van der Waals surface area (Å²) in [5.41, 5.74) is 5.47. The van der Waals surface area contributed by atoms with E-state index in [1.54, 1.807) is 0 Å². The molecule has 0 aliphatic carbocycles. The molecule has 0 saturated carbocycles. The summed E-state index contributed by atoms with van der Waals surface area (Å²) in [7, 11) is 0. The molecule has 0 heterocycles. The lowest BCUT2D eigenvalue weighted by Gasteiger charge is -2.14. The quantitative estimate of drug-likeness (QED) is 0.719. The Morgan fingerprint density at radius 3 is 2.17 bits per heavy atom. The normalized spacial score (nSPS) is 10.6. The fraction of sp³-hybridized carbons (Fsp3) is 0.294. The smallest absolute Gasteiger partial charge is 0.0444 e. The Morgan fingerprint density at radius 1 is 0.833 bits per heavy atom. The van der Waals surface area contributed by atoms with E-state index >= 15 is 0 Å². The van der Waals surface area contributed by atoms with Crippen molar-refractivity contribution in [2.45, 2.75) is 33.1 Å². The highest BCUT2D eigenvalue weighted by Gasteiger charge is 2.10. The van der Waals surface area contributed by atoms with Gasteiger partial charge in [0.05, 0.1) is 0 Å². The Kier molecular flexibility index (Phi) is 4.43. The summed E-state index contributed by atoms with van der Waals surface area (Å²) in [6.07, 6.45) is 3.05. The summed E-state index contributed by atoms with van der Waals surface area (Å²) in [4.78, 5) is 0. The third-order valence-electron chi connectivity index (χ3n) is 3.43. The Balaban J connectivity index is 2.43. The minimum Gasteiger partial charge on any atom is -0.0840 e.